The summed E-state index contributed by atoms with van der Waals surface area (Å²) in [6.07, 6.45) is 3.81. The number of benzene rings is 1. The zero-order chi connectivity index (χ0) is 17.3. The van der Waals surface area contributed by atoms with E-state index in [-0.39, 0.29) is 29.1 Å². The number of hydrogen-bond acceptors (Lipinski definition) is 2. The Hall–Kier alpha value is -1.84. The van der Waals surface area contributed by atoms with Crippen LogP contribution in [0.4, 0.5) is 5.69 Å². The number of piperidine rings is 1. The molecule has 2 amide bonds. The summed E-state index contributed by atoms with van der Waals surface area (Å²) in [5.41, 5.74) is 2.01. The maximum absolute atomic E-state index is 12.8. The third-order valence-electron chi connectivity index (χ3n) is 5.02. The summed E-state index contributed by atoms with van der Waals surface area (Å²) in [5.74, 6) is 0.422. The Kier molecular flexibility index (Phi) is 4.66. The minimum atomic E-state index is -0.102. The van der Waals surface area contributed by atoms with E-state index in [4.69, 9.17) is 0 Å². The molecule has 1 saturated heterocycles. The Labute approximate surface area is 144 Å². The number of nitrogens with one attached hydrogen (secondary N) is 1. The monoisotopic (exact) mass is 328 g/mol. The van der Waals surface area contributed by atoms with Crippen LogP contribution in [0, 0.1) is 11.8 Å². The van der Waals surface area contributed by atoms with Gasteiger partial charge in [-0.05, 0) is 42.7 Å². The number of likely N-dealkylation sites (tertiary alicyclic amines) is 1. The number of nitrogens with zero attached hydrogens (tertiary/aromatic N) is 1. The fourth-order valence-corrected chi connectivity index (χ4v) is 3.46. The molecule has 4 nitrogen and oxygen atoms in total. The molecule has 3 rings (SSSR count). The van der Waals surface area contributed by atoms with Gasteiger partial charge in [0.15, 0.2) is 0 Å². The van der Waals surface area contributed by atoms with E-state index in [1.807, 2.05) is 23.1 Å². The average molecular weight is 328 g/mol. The largest absolute Gasteiger partial charge is 0.342 e. The van der Waals surface area contributed by atoms with Crippen molar-refractivity contribution in [1.82, 2.24) is 4.90 Å². The Morgan fingerprint density at radius 2 is 1.79 bits per heavy atom. The number of rotatable bonds is 3. The first-order valence-electron chi connectivity index (χ1n) is 9.05. The van der Waals surface area contributed by atoms with Gasteiger partial charge in [-0.15, -0.1) is 0 Å². The Morgan fingerprint density at radius 3 is 2.46 bits per heavy atom. The van der Waals surface area contributed by atoms with Crippen LogP contribution in [-0.2, 0) is 15.0 Å². The van der Waals surface area contributed by atoms with Crippen molar-refractivity contribution >= 4 is 17.5 Å². The molecule has 1 heterocycles. The number of para-hydroxylation sites is 1. The molecule has 1 aromatic carbocycles. The van der Waals surface area contributed by atoms with Crippen LogP contribution < -0.4 is 5.32 Å². The number of carbonyl (C=O) groups excluding carboxylic acids is 2. The highest BCUT2D eigenvalue weighted by atomic mass is 16.2. The molecule has 1 atom stereocenters. The van der Waals surface area contributed by atoms with Crippen LogP contribution in [0.5, 0.6) is 0 Å². The third kappa shape index (κ3) is 3.80. The third-order valence-corrected chi connectivity index (χ3v) is 5.02. The lowest BCUT2D eigenvalue weighted by atomic mass is 9.85. The van der Waals surface area contributed by atoms with Crippen LogP contribution in [0.1, 0.15) is 52.0 Å². The van der Waals surface area contributed by atoms with Crippen molar-refractivity contribution in [3.63, 3.8) is 0 Å². The second-order valence-electron chi connectivity index (χ2n) is 8.18. The van der Waals surface area contributed by atoms with E-state index in [0.29, 0.717) is 6.54 Å². The SMILES string of the molecule is CC(C)(C)c1ccccc1NC(=O)[C@@H]1CCCN(C(=O)C2CC2)C1. The average Bonchev–Trinajstić information content (AvgIpc) is 3.38. The van der Waals surface area contributed by atoms with Gasteiger partial charge < -0.3 is 10.2 Å². The van der Waals surface area contributed by atoms with E-state index in [9.17, 15) is 9.59 Å². The van der Waals surface area contributed by atoms with E-state index < -0.39 is 0 Å². The van der Waals surface area contributed by atoms with Crippen molar-refractivity contribution in [2.75, 3.05) is 18.4 Å². The molecule has 0 aromatic heterocycles. The molecule has 4 heteroatoms. The lowest BCUT2D eigenvalue weighted by Crippen LogP contribution is -2.44. The van der Waals surface area contributed by atoms with E-state index in [2.05, 4.69) is 32.2 Å². The highest BCUT2D eigenvalue weighted by Crippen LogP contribution is 2.33. The topological polar surface area (TPSA) is 49.4 Å². The molecule has 0 bridgehead atoms. The smallest absolute Gasteiger partial charge is 0.229 e. The van der Waals surface area contributed by atoms with E-state index in [1.165, 1.54) is 0 Å². The maximum Gasteiger partial charge on any atom is 0.229 e. The number of amides is 2. The standard InChI is InChI=1S/C20H28N2O2/c1-20(2,3)16-8-4-5-9-17(16)21-18(23)15-7-6-12-22(13-15)19(24)14-10-11-14/h4-5,8-9,14-15H,6-7,10-13H2,1-3H3,(H,21,23)/t15-/m1/s1. The molecule has 24 heavy (non-hydrogen) atoms. The molecular weight excluding hydrogens is 300 g/mol. The minimum absolute atomic E-state index is 0.0234. The van der Waals surface area contributed by atoms with Crippen molar-refractivity contribution in [3.05, 3.63) is 29.8 Å². The van der Waals surface area contributed by atoms with Gasteiger partial charge in [0.25, 0.3) is 0 Å². The molecule has 130 valence electrons. The van der Waals surface area contributed by atoms with Gasteiger partial charge >= 0.3 is 0 Å². The molecule has 0 unspecified atom stereocenters. The molecule has 2 aliphatic rings. The van der Waals surface area contributed by atoms with Crippen molar-refractivity contribution in [2.24, 2.45) is 11.8 Å². The maximum atomic E-state index is 12.8. The lowest BCUT2D eigenvalue weighted by Gasteiger charge is -2.32. The fraction of sp³-hybridized carbons (Fsp3) is 0.600. The molecule has 1 aliphatic carbocycles. The van der Waals surface area contributed by atoms with Crippen LogP contribution in [0.2, 0.25) is 0 Å². The molecule has 0 radical (unpaired) electrons. The van der Waals surface area contributed by atoms with E-state index in [0.717, 1.165) is 43.5 Å². The first-order chi connectivity index (χ1) is 11.4. The zero-order valence-electron chi connectivity index (χ0n) is 15.0. The summed E-state index contributed by atoms with van der Waals surface area (Å²) in [6.45, 7) is 7.81. The highest BCUT2D eigenvalue weighted by Gasteiger charge is 2.36. The number of hydrogen-bond donors (Lipinski definition) is 1. The molecule has 1 saturated carbocycles. The normalized spacial score (nSPS) is 21.5. The Bertz CT molecular complexity index is 629. The van der Waals surface area contributed by atoms with Gasteiger partial charge in [0, 0.05) is 24.7 Å². The molecule has 1 aliphatic heterocycles. The molecule has 1 aromatic rings. The highest BCUT2D eigenvalue weighted by molar-refractivity contribution is 5.94. The predicted molar refractivity (Wildman–Crippen MR) is 95.8 cm³/mol. The summed E-state index contributed by atoms with van der Waals surface area (Å²) in [6, 6.07) is 8.00. The van der Waals surface area contributed by atoms with Crippen LogP contribution in [0.15, 0.2) is 24.3 Å². The van der Waals surface area contributed by atoms with Crippen LogP contribution in [0.25, 0.3) is 0 Å². The molecule has 1 N–H and O–H groups in total. The fourth-order valence-electron chi connectivity index (χ4n) is 3.46. The minimum Gasteiger partial charge on any atom is -0.342 e. The lowest BCUT2D eigenvalue weighted by molar-refractivity contribution is -0.135. The first kappa shape index (κ1) is 17.0. The molecular formula is C20H28N2O2. The summed E-state index contributed by atoms with van der Waals surface area (Å²) in [5, 5.41) is 3.11. The summed E-state index contributed by atoms with van der Waals surface area (Å²) in [4.78, 5) is 26.9. The van der Waals surface area contributed by atoms with Crippen LogP contribution in [-0.4, -0.2) is 29.8 Å². The van der Waals surface area contributed by atoms with Gasteiger partial charge in [0.2, 0.25) is 11.8 Å². The molecule has 0 spiro atoms. The number of anilines is 1. The summed E-state index contributed by atoms with van der Waals surface area (Å²) < 4.78 is 0. The second kappa shape index (κ2) is 6.58. The number of carbonyl (C=O) groups is 2. The van der Waals surface area contributed by atoms with Gasteiger partial charge in [0.1, 0.15) is 0 Å². The first-order valence-corrected chi connectivity index (χ1v) is 9.05. The zero-order valence-corrected chi connectivity index (χ0v) is 15.0. The second-order valence-corrected chi connectivity index (χ2v) is 8.18. The quantitative estimate of drug-likeness (QED) is 0.922. The Morgan fingerprint density at radius 1 is 1.08 bits per heavy atom. The predicted octanol–water partition coefficient (Wildman–Crippen LogP) is 3.57. The van der Waals surface area contributed by atoms with Crippen LogP contribution in [0.3, 0.4) is 0 Å². The van der Waals surface area contributed by atoms with Crippen molar-refractivity contribution in [2.45, 2.75) is 51.9 Å². The van der Waals surface area contributed by atoms with Gasteiger partial charge in [-0.1, -0.05) is 39.0 Å². The molecule has 2 fully saturated rings. The van der Waals surface area contributed by atoms with E-state index in [1.54, 1.807) is 0 Å². The van der Waals surface area contributed by atoms with Crippen molar-refractivity contribution < 1.29 is 9.59 Å². The van der Waals surface area contributed by atoms with Gasteiger partial charge in [-0.25, -0.2) is 0 Å². The van der Waals surface area contributed by atoms with Crippen molar-refractivity contribution in [3.8, 4) is 0 Å². The van der Waals surface area contributed by atoms with E-state index >= 15 is 0 Å². The van der Waals surface area contributed by atoms with Gasteiger partial charge in [-0.2, -0.15) is 0 Å². The summed E-state index contributed by atoms with van der Waals surface area (Å²) >= 11 is 0. The Balaban J connectivity index is 1.68. The van der Waals surface area contributed by atoms with Gasteiger partial charge in [-0.3, -0.25) is 9.59 Å². The summed E-state index contributed by atoms with van der Waals surface area (Å²) in [7, 11) is 0. The van der Waals surface area contributed by atoms with Crippen LogP contribution >= 0.6 is 0 Å². The van der Waals surface area contributed by atoms with Gasteiger partial charge in [0.05, 0.1) is 5.92 Å². The van der Waals surface area contributed by atoms with Crippen molar-refractivity contribution in [1.29, 1.82) is 0 Å².